The molecule has 2 heterocycles. The SMILES string of the molecule is COc1ccccc1C(=O)Nc1ncnc2c1ncn2CC[C@@H](COS(N)(=O)=O)OC. The Morgan fingerprint density at radius 2 is 2.00 bits per heavy atom. The van der Waals surface area contributed by atoms with Crippen LogP contribution in [0.1, 0.15) is 16.8 Å². The molecule has 1 atom stereocenters. The average Bonchev–Trinajstić information content (AvgIpc) is 3.17. The Hall–Kier alpha value is -3.13. The molecule has 3 rings (SSSR count). The molecule has 0 spiro atoms. The van der Waals surface area contributed by atoms with Gasteiger partial charge < -0.3 is 19.4 Å². The summed E-state index contributed by atoms with van der Waals surface area (Å²) in [6.07, 6.45) is 2.76. The summed E-state index contributed by atoms with van der Waals surface area (Å²) in [5, 5.41) is 7.57. The van der Waals surface area contributed by atoms with Crippen molar-refractivity contribution in [3.63, 3.8) is 0 Å². The maximum absolute atomic E-state index is 12.7. The highest BCUT2D eigenvalue weighted by Gasteiger charge is 2.17. The fraction of sp³-hybridized carbons (Fsp3) is 0.333. The highest BCUT2D eigenvalue weighted by molar-refractivity contribution is 7.84. The van der Waals surface area contributed by atoms with Gasteiger partial charge in [-0.05, 0) is 18.6 Å². The number of nitrogens with zero attached hydrogens (tertiary/aromatic N) is 4. The summed E-state index contributed by atoms with van der Waals surface area (Å²) in [5.41, 5.74) is 1.25. The Kier molecular flexibility index (Phi) is 7.12. The Balaban J connectivity index is 1.74. The number of nitrogens with two attached hydrogens (primary N) is 1. The van der Waals surface area contributed by atoms with E-state index in [0.29, 0.717) is 35.4 Å². The first-order valence-corrected chi connectivity index (χ1v) is 10.6. The minimum atomic E-state index is -4.05. The van der Waals surface area contributed by atoms with Crippen LogP contribution in [0, 0.1) is 0 Å². The van der Waals surface area contributed by atoms with Gasteiger partial charge in [0.25, 0.3) is 5.91 Å². The maximum Gasteiger partial charge on any atom is 0.333 e. The first-order chi connectivity index (χ1) is 14.8. The van der Waals surface area contributed by atoms with Crippen molar-refractivity contribution in [3.05, 3.63) is 42.5 Å². The van der Waals surface area contributed by atoms with Crippen molar-refractivity contribution < 1.29 is 26.9 Å². The highest BCUT2D eigenvalue weighted by atomic mass is 32.2. The van der Waals surface area contributed by atoms with Crippen LogP contribution in [0.5, 0.6) is 5.75 Å². The number of aryl methyl sites for hydroxylation is 1. The van der Waals surface area contributed by atoms with E-state index in [4.69, 9.17) is 14.6 Å². The number of anilines is 1. The van der Waals surface area contributed by atoms with E-state index in [1.54, 1.807) is 35.2 Å². The number of hydrogen-bond acceptors (Lipinski definition) is 9. The molecule has 0 unspecified atom stereocenters. The number of imidazole rings is 1. The number of benzene rings is 1. The number of nitrogens with one attached hydrogen (secondary N) is 1. The largest absolute Gasteiger partial charge is 0.496 e. The minimum Gasteiger partial charge on any atom is -0.496 e. The van der Waals surface area contributed by atoms with Crippen LogP contribution in [0.2, 0.25) is 0 Å². The predicted octanol–water partition coefficient (Wildman–Crippen LogP) is 0.712. The minimum absolute atomic E-state index is 0.211. The molecule has 0 aliphatic carbocycles. The number of carbonyl (C=O) groups is 1. The van der Waals surface area contributed by atoms with Gasteiger partial charge in [-0.1, -0.05) is 12.1 Å². The number of para-hydroxylation sites is 1. The first-order valence-electron chi connectivity index (χ1n) is 9.12. The molecule has 0 saturated carbocycles. The van der Waals surface area contributed by atoms with E-state index < -0.39 is 22.3 Å². The van der Waals surface area contributed by atoms with Gasteiger partial charge in [0.05, 0.1) is 31.7 Å². The maximum atomic E-state index is 12.7. The lowest BCUT2D eigenvalue weighted by atomic mass is 10.2. The van der Waals surface area contributed by atoms with E-state index in [2.05, 4.69) is 24.5 Å². The number of methoxy groups -OCH3 is 2. The molecule has 12 nitrogen and oxygen atoms in total. The lowest BCUT2D eigenvalue weighted by molar-refractivity contribution is 0.0512. The van der Waals surface area contributed by atoms with Gasteiger partial charge in [-0.2, -0.15) is 8.42 Å². The monoisotopic (exact) mass is 450 g/mol. The average molecular weight is 450 g/mol. The number of rotatable bonds is 10. The van der Waals surface area contributed by atoms with Crippen LogP contribution in [0.15, 0.2) is 36.9 Å². The Bertz CT molecular complexity index is 1170. The third kappa shape index (κ3) is 5.73. The lowest BCUT2D eigenvalue weighted by Gasteiger charge is -2.14. The highest BCUT2D eigenvalue weighted by Crippen LogP contribution is 2.22. The number of fused-ring (bicyclic) bond motifs is 1. The number of carbonyl (C=O) groups excluding carboxylic acids is 1. The van der Waals surface area contributed by atoms with E-state index >= 15 is 0 Å². The Labute approximate surface area is 178 Å². The second kappa shape index (κ2) is 9.78. The summed E-state index contributed by atoms with van der Waals surface area (Å²) in [6, 6.07) is 6.82. The van der Waals surface area contributed by atoms with Gasteiger partial charge in [-0.15, -0.1) is 0 Å². The van der Waals surface area contributed by atoms with Crippen LogP contribution in [-0.2, 0) is 25.8 Å². The van der Waals surface area contributed by atoms with Gasteiger partial charge >= 0.3 is 10.3 Å². The summed E-state index contributed by atoms with van der Waals surface area (Å²) in [7, 11) is -1.12. The van der Waals surface area contributed by atoms with Crippen molar-refractivity contribution >= 4 is 33.2 Å². The zero-order valence-corrected chi connectivity index (χ0v) is 17.7. The van der Waals surface area contributed by atoms with Crippen LogP contribution in [0.25, 0.3) is 11.2 Å². The molecule has 13 heteroatoms. The summed E-state index contributed by atoms with van der Waals surface area (Å²) in [4.78, 5) is 25.3. The molecular formula is C18H22N6O6S. The van der Waals surface area contributed by atoms with Gasteiger partial charge in [-0.25, -0.2) is 20.1 Å². The van der Waals surface area contributed by atoms with Crippen LogP contribution in [-0.4, -0.2) is 60.8 Å². The predicted molar refractivity (Wildman–Crippen MR) is 111 cm³/mol. The number of hydrogen-bond donors (Lipinski definition) is 2. The third-order valence-electron chi connectivity index (χ3n) is 4.43. The molecule has 31 heavy (non-hydrogen) atoms. The van der Waals surface area contributed by atoms with Crippen molar-refractivity contribution in [2.45, 2.75) is 19.1 Å². The standard InChI is InChI=1S/C18H22N6O6S/c1-28-12(9-30-31(19,26)27)7-8-24-11-22-15-16(20-10-21-17(15)24)23-18(25)13-5-3-4-6-14(13)29-2/h3-6,10-12H,7-9H2,1-2H3,(H2,19,26,27)(H,20,21,23,25)/t12-/m0/s1. The van der Waals surface area contributed by atoms with Crippen molar-refractivity contribution in [2.24, 2.45) is 5.14 Å². The van der Waals surface area contributed by atoms with Gasteiger partial charge in [0, 0.05) is 13.7 Å². The van der Waals surface area contributed by atoms with Gasteiger partial charge in [0.1, 0.15) is 12.1 Å². The van der Waals surface area contributed by atoms with Crippen LogP contribution in [0.3, 0.4) is 0 Å². The van der Waals surface area contributed by atoms with Crippen molar-refractivity contribution in [2.75, 3.05) is 26.1 Å². The molecule has 166 valence electrons. The number of ether oxygens (including phenoxy) is 2. The summed E-state index contributed by atoms with van der Waals surface area (Å²) in [5.74, 6) is 0.287. The third-order valence-corrected chi connectivity index (χ3v) is 4.89. The smallest absolute Gasteiger partial charge is 0.333 e. The van der Waals surface area contributed by atoms with E-state index in [9.17, 15) is 13.2 Å². The number of aromatic nitrogens is 4. The lowest BCUT2D eigenvalue weighted by Crippen LogP contribution is -2.25. The Morgan fingerprint density at radius 1 is 1.23 bits per heavy atom. The summed E-state index contributed by atoms with van der Waals surface area (Å²) >= 11 is 0. The molecule has 1 amide bonds. The Morgan fingerprint density at radius 3 is 2.71 bits per heavy atom. The van der Waals surface area contributed by atoms with Crippen LogP contribution in [0.4, 0.5) is 5.82 Å². The zero-order chi connectivity index (χ0) is 22.4. The molecule has 0 saturated heterocycles. The van der Waals surface area contributed by atoms with Gasteiger partial charge in [0.15, 0.2) is 17.0 Å². The second-order valence-electron chi connectivity index (χ2n) is 6.41. The summed E-state index contributed by atoms with van der Waals surface area (Å²) in [6.45, 7) is 0.192. The van der Waals surface area contributed by atoms with E-state index in [-0.39, 0.29) is 12.4 Å². The molecule has 3 aromatic rings. The summed E-state index contributed by atoms with van der Waals surface area (Å²) < 4.78 is 38.7. The van der Waals surface area contributed by atoms with Gasteiger partial charge in [0.2, 0.25) is 0 Å². The molecule has 0 fully saturated rings. The topological polar surface area (TPSA) is 161 Å². The molecule has 1 aromatic carbocycles. The fourth-order valence-electron chi connectivity index (χ4n) is 2.87. The quantitative estimate of drug-likeness (QED) is 0.453. The van der Waals surface area contributed by atoms with E-state index in [1.807, 2.05) is 0 Å². The van der Waals surface area contributed by atoms with Crippen molar-refractivity contribution in [1.82, 2.24) is 19.5 Å². The normalized spacial score (nSPS) is 12.6. The van der Waals surface area contributed by atoms with E-state index in [1.165, 1.54) is 20.5 Å². The molecule has 0 aliphatic heterocycles. The first kappa shape index (κ1) is 22.6. The van der Waals surface area contributed by atoms with Gasteiger partial charge in [-0.3, -0.25) is 8.98 Å². The van der Waals surface area contributed by atoms with Crippen LogP contribution < -0.4 is 15.2 Å². The van der Waals surface area contributed by atoms with E-state index in [0.717, 1.165) is 0 Å². The molecule has 2 aromatic heterocycles. The second-order valence-corrected chi connectivity index (χ2v) is 7.63. The van der Waals surface area contributed by atoms with Crippen LogP contribution >= 0.6 is 0 Å². The fourth-order valence-corrected chi connectivity index (χ4v) is 3.21. The molecule has 3 N–H and O–H groups in total. The van der Waals surface area contributed by atoms with Crippen molar-refractivity contribution in [3.8, 4) is 5.75 Å². The van der Waals surface area contributed by atoms with Crippen molar-refractivity contribution in [1.29, 1.82) is 0 Å². The zero-order valence-electron chi connectivity index (χ0n) is 16.9. The molecular weight excluding hydrogens is 428 g/mol. The molecule has 0 radical (unpaired) electrons. The molecule has 0 aliphatic rings. The molecule has 0 bridgehead atoms. The number of amides is 1.